The number of sulfonamides is 1. The molecular formula is C20H27NO2S. The first kappa shape index (κ1) is 18.7. The Morgan fingerprint density at radius 1 is 0.958 bits per heavy atom. The van der Waals surface area contributed by atoms with E-state index in [1.165, 1.54) is 5.56 Å². The van der Waals surface area contributed by atoms with Crippen LogP contribution in [0.4, 0.5) is 0 Å². The van der Waals surface area contributed by atoms with Gasteiger partial charge in [0.15, 0.2) is 0 Å². The molecule has 2 aromatic rings. The van der Waals surface area contributed by atoms with E-state index in [1.54, 1.807) is 0 Å². The van der Waals surface area contributed by atoms with E-state index >= 15 is 0 Å². The minimum Gasteiger partial charge on any atom is -0.212 e. The number of benzene rings is 2. The Morgan fingerprint density at radius 3 is 2.00 bits per heavy atom. The van der Waals surface area contributed by atoms with Crippen molar-refractivity contribution in [3.63, 3.8) is 0 Å². The highest BCUT2D eigenvalue weighted by Crippen LogP contribution is 2.24. The Morgan fingerprint density at radius 2 is 1.50 bits per heavy atom. The predicted octanol–water partition coefficient (Wildman–Crippen LogP) is 4.47. The van der Waals surface area contributed by atoms with Crippen LogP contribution in [0.15, 0.2) is 48.5 Å². The molecule has 0 bridgehead atoms. The van der Waals surface area contributed by atoms with Crippen LogP contribution in [0, 0.1) is 6.92 Å². The summed E-state index contributed by atoms with van der Waals surface area (Å²) in [5.41, 5.74) is 4.21. The van der Waals surface area contributed by atoms with Gasteiger partial charge in [-0.2, -0.15) is 0 Å². The highest BCUT2D eigenvalue weighted by atomic mass is 32.2. The molecule has 0 heterocycles. The molecule has 0 aliphatic carbocycles. The van der Waals surface area contributed by atoms with Crippen molar-refractivity contribution < 1.29 is 8.42 Å². The second-order valence-electron chi connectivity index (χ2n) is 7.46. The van der Waals surface area contributed by atoms with Crippen molar-refractivity contribution >= 4 is 10.0 Å². The first-order valence-corrected chi connectivity index (χ1v) is 9.88. The predicted molar refractivity (Wildman–Crippen MR) is 100 cm³/mol. The molecule has 24 heavy (non-hydrogen) atoms. The van der Waals surface area contributed by atoms with Gasteiger partial charge in [-0.15, -0.1) is 0 Å². The van der Waals surface area contributed by atoms with Crippen LogP contribution in [0.3, 0.4) is 0 Å². The quantitative estimate of drug-likeness (QED) is 0.869. The maximum Gasteiger partial charge on any atom is 0.216 e. The lowest BCUT2D eigenvalue weighted by Gasteiger charge is -2.20. The van der Waals surface area contributed by atoms with Crippen LogP contribution in [-0.4, -0.2) is 8.42 Å². The van der Waals surface area contributed by atoms with Crippen LogP contribution in [0.2, 0.25) is 0 Å². The lowest BCUT2D eigenvalue weighted by atomic mass is 9.86. The third-order valence-corrected chi connectivity index (χ3v) is 5.54. The van der Waals surface area contributed by atoms with Crippen molar-refractivity contribution in [1.29, 1.82) is 0 Å². The van der Waals surface area contributed by atoms with Gasteiger partial charge in [0, 0.05) is 6.04 Å². The number of hydrogen-bond acceptors (Lipinski definition) is 2. The molecule has 1 N–H and O–H groups in total. The average Bonchev–Trinajstić information content (AvgIpc) is 2.48. The average molecular weight is 346 g/mol. The molecule has 3 nitrogen and oxygen atoms in total. The molecule has 2 rings (SSSR count). The van der Waals surface area contributed by atoms with Gasteiger partial charge in [-0.1, -0.05) is 74.9 Å². The van der Waals surface area contributed by atoms with Crippen molar-refractivity contribution in [2.75, 3.05) is 0 Å². The lowest BCUT2D eigenvalue weighted by Crippen LogP contribution is -2.28. The first-order chi connectivity index (χ1) is 11.1. The van der Waals surface area contributed by atoms with Gasteiger partial charge >= 0.3 is 0 Å². The fourth-order valence-corrected chi connectivity index (χ4v) is 3.94. The summed E-state index contributed by atoms with van der Waals surface area (Å²) in [5, 5.41) is 0. The Hall–Kier alpha value is -1.65. The molecule has 0 amide bonds. The maximum atomic E-state index is 12.4. The summed E-state index contributed by atoms with van der Waals surface area (Å²) in [6.45, 7) is 10.3. The van der Waals surface area contributed by atoms with Crippen LogP contribution in [0.1, 0.15) is 56.0 Å². The Balaban J connectivity index is 2.07. The summed E-state index contributed by atoms with van der Waals surface area (Å²) in [6.07, 6.45) is 0. The second kappa shape index (κ2) is 7.08. The summed E-state index contributed by atoms with van der Waals surface area (Å²) in [4.78, 5) is 0. The first-order valence-electron chi connectivity index (χ1n) is 8.23. The largest absolute Gasteiger partial charge is 0.216 e. The number of hydrogen-bond donors (Lipinski definition) is 1. The molecule has 0 saturated carbocycles. The molecule has 130 valence electrons. The van der Waals surface area contributed by atoms with Crippen LogP contribution in [0.5, 0.6) is 0 Å². The van der Waals surface area contributed by atoms with Gasteiger partial charge < -0.3 is 0 Å². The summed E-state index contributed by atoms with van der Waals surface area (Å²) >= 11 is 0. The minimum absolute atomic E-state index is 0.00229. The molecule has 0 aromatic heterocycles. The fraction of sp³-hybridized carbons (Fsp3) is 0.400. The Bertz CT molecular complexity index is 770. The molecule has 0 aliphatic heterocycles. The number of aryl methyl sites for hydroxylation is 1. The van der Waals surface area contributed by atoms with Crippen molar-refractivity contribution in [1.82, 2.24) is 4.72 Å². The zero-order valence-electron chi connectivity index (χ0n) is 15.1. The van der Waals surface area contributed by atoms with Crippen LogP contribution >= 0.6 is 0 Å². The fourth-order valence-electron chi connectivity index (χ4n) is 2.55. The van der Waals surface area contributed by atoms with Crippen molar-refractivity contribution in [3.05, 3.63) is 70.8 Å². The van der Waals surface area contributed by atoms with E-state index in [1.807, 2.05) is 50.2 Å². The highest BCUT2D eigenvalue weighted by molar-refractivity contribution is 7.88. The molecule has 0 aliphatic rings. The van der Waals surface area contributed by atoms with Gasteiger partial charge in [0.25, 0.3) is 0 Å². The molecular weight excluding hydrogens is 318 g/mol. The topological polar surface area (TPSA) is 46.2 Å². The van der Waals surface area contributed by atoms with Gasteiger partial charge in [-0.25, -0.2) is 13.1 Å². The highest BCUT2D eigenvalue weighted by Gasteiger charge is 2.18. The number of rotatable bonds is 5. The van der Waals surface area contributed by atoms with Gasteiger partial charge in [0.1, 0.15) is 0 Å². The van der Waals surface area contributed by atoms with Crippen molar-refractivity contribution in [2.24, 2.45) is 0 Å². The van der Waals surface area contributed by atoms with E-state index in [2.05, 4.69) is 37.6 Å². The van der Waals surface area contributed by atoms with Crippen molar-refractivity contribution in [2.45, 2.75) is 51.8 Å². The molecule has 0 fully saturated rings. The number of nitrogens with one attached hydrogen (secondary N) is 1. The molecule has 2 aromatic carbocycles. The summed E-state index contributed by atoms with van der Waals surface area (Å²) in [7, 11) is -3.38. The maximum absolute atomic E-state index is 12.4. The van der Waals surface area contributed by atoms with Gasteiger partial charge in [-0.05, 0) is 36.0 Å². The normalized spacial score (nSPS) is 13.7. The molecule has 0 spiro atoms. The smallest absolute Gasteiger partial charge is 0.212 e. The lowest BCUT2D eigenvalue weighted by molar-refractivity contribution is 0.565. The van der Waals surface area contributed by atoms with E-state index in [4.69, 9.17) is 0 Å². The summed E-state index contributed by atoms with van der Waals surface area (Å²) in [6, 6.07) is 15.5. The van der Waals surface area contributed by atoms with Crippen LogP contribution in [0.25, 0.3) is 0 Å². The second-order valence-corrected chi connectivity index (χ2v) is 9.21. The standard InChI is InChI=1S/C20H27NO2S/c1-15-6-8-17(9-7-15)14-24(22,23)21-16(2)18-10-12-19(13-11-18)20(3,4)5/h6-13,16,21H,14H2,1-5H3. The zero-order valence-corrected chi connectivity index (χ0v) is 15.9. The zero-order chi connectivity index (χ0) is 18.0. The van der Waals surface area contributed by atoms with Gasteiger partial charge in [-0.3, -0.25) is 0 Å². The molecule has 1 atom stereocenters. The minimum atomic E-state index is -3.38. The molecule has 4 heteroatoms. The van der Waals surface area contributed by atoms with E-state index < -0.39 is 10.0 Å². The van der Waals surface area contributed by atoms with Crippen LogP contribution in [-0.2, 0) is 21.2 Å². The molecule has 0 saturated heterocycles. The van der Waals surface area contributed by atoms with E-state index in [0.29, 0.717) is 0 Å². The summed E-state index contributed by atoms with van der Waals surface area (Å²) in [5.74, 6) is -0.00229. The van der Waals surface area contributed by atoms with Crippen LogP contribution < -0.4 is 4.72 Å². The summed E-state index contributed by atoms with van der Waals surface area (Å²) < 4.78 is 27.5. The Kier molecular flexibility index (Phi) is 5.51. The van der Waals surface area contributed by atoms with E-state index in [0.717, 1.165) is 16.7 Å². The molecule has 1 unspecified atom stereocenters. The van der Waals surface area contributed by atoms with E-state index in [-0.39, 0.29) is 17.2 Å². The monoisotopic (exact) mass is 345 g/mol. The van der Waals surface area contributed by atoms with Gasteiger partial charge in [0.2, 0.25) is 10.0 Å². The van der Waals surface area contributed by atoms with Gasteiger partial charge in [0.05, 0.1) is 5.75 Å². The van der Waals surface area contributed by atoms with E-state index in [9.17, 15) is 8.42 Å². The van der Waals surface area contributed by atoms with Crippen molar-refractivity contribution in [3.8, 4) is 0 Å². The Labute approximate surface area is 146 Å². The SMILES string of the molecule is Cc1ccc(CS(=O)(=O)NC(C)c2ccc(C(C)(C)C)cc2)cc1. The third-order valence-electron chi connectivity index (χ3n) is 4.11. The third kappa shape index (κ3) is 5.18. The molecule has 0 radical (unpaired) electrons.